The van der Waals surface area contributed by atoms with Crippen LogP contribution in [0.1, 0.15) is 20.3 Å². The highest BCUT2D eigenvalue weighted by Gasteiger charge is 2.16. The third-order valence-electron chi connectivity index (χ3n) is 2.16. The Balaban J connectivity index is 2.02. The molecule has 0 radical (unpaired) electrons. The Morgan fingerprint density at radius 1 is 1.64 bits per heavy atom. The van der Waals surface area contributed by atoms with Crippen LogP contribution >= 0.6 is 0 Å². The molecule has 1 aliphatic heterocycles. The fourth-order valence-corrected chi connectivity index (χ4v) is 1.30. The molecule has 0 aromatic rings. The summed E-state index contributed by atoms with van der Waals surface area (Å²) in [6, 6.07) is 0. The lowest BCUT2D eigenvalue weighted by Gasteiger charge is -2.10. The summed E-state index contributed by atoms with van der Waals surface area (Å²) in [6.45, 7) is 6.29. The average Bonchev–Trinajstić information content (AvgIpc) is 2.63. The molecule has 4 heteroatoms. The van der Waals surface area contributed by atoms with E-state index in [1.165, 1.54) is 0 Å². The van der Waals surface area contributed by atoms with Crippen molar-refractivity contribution >= 4 is 5.91 Å². The normalized spacial score (nSPS) is 21.5. The first kappa shape index (κ1) is 11.5. The Morgan fingerprint density at radius 3 is 3.00 bits per heavy atom. The predicted molar refractivity (Wildman–Crippen MR) is 53.0 cm³/mol. The van der Waals surface area contributed by atoms with Gasteiger partial charge in [-0.15, -0.1) is 0 Å². The second-order valence-corrected chi connectivity index (χ2v) is 3.89. The van der Waals surface area contributed by atoms with E-state index in [-0.39, 0.29) is 18.6 Å². The molecule has 0 bridgehead atoms. The third kappa shape index (κ3) is 4.58. The summed E-state index contributed by atoms with van der Waals surface area (Å²) >= 11 is 0. The fraction of sp³-hybridized carbons (Fsp3) is 0.900. The molecule has 1 unspecified atom stereocenters. The van der Waals surface area contributed by atoms with E-state index in [1.54, 1.807) is 0 Å². The largest absolute Gasteiger partial charge is 0.381 e. The van der Waals surface area contributed by atoms with Crippen molar-refractivity contribution in [2.45, 2.75) is 26.4 Å². The number of carbonyl (C=O) groups excluding carboxylic acids is 1. The van der Waals surface area contributed by atoms with Crippen LogP contribution in [0.2, 0.25) is 0 Å². The summed E-state index contributed by atoms with van der Waals surface area (Å²) in [6.07, 6.45) is 1.15. The second kappa shape index (κ2) is 5.98. The Kier molecular flexibility index (Phi) is 4.90. The van der Waals surface area contributed by atoms with Gasteiger partial charge < -0.3 is 14.8 Å². The molecule has 1 rings (SSSR count). The molecular formula is C10H19NO3. The van der Waals surface area contributed by atoms with E-state index >= 15 is 0 Å². The molecule has 0 aromatic carbocycles. The molecule has 1 fully saturated rings. The number of hydrogen-bond acceptors (Lipinski definition) is 3. The SMILES string of the molecule is CC(C)OCC(=O)NCC1CCOC1. The van der Waals surface area contributed by atoms with Gasteiger partial charge in [-0.2, -0.15) is 0 Å². The number of hydrogen-bond donors (Lipinski definition) is 1. The van der Waals surface area contributed by atoms with Crippen LogP contribution in [-0.2, 0) is 14.3 Å². The van der Waals surface area contributed by atoms with Crippen LogP contribution in [-0.4, -0.2) is 38.4 Å². The van der Waals surface area contributed by atoms with Gasteiger partial charge in [-0.05, 0) is 20.3 Å². The molecule has 0 saturated carbocycles. The van der Waals surface area contributed by atoms with Crippen molar-refractivity contribution in [3.05, 3.63) is 0 Å². The summed E-state index contributed by atoms with van der Waals surface area (Å²) in [5, 5.41) is 2.84. The number of carbonyl (C=O) groups is 1. The van der Waals surface area contributed by atoms with Crippen LogP contribution in [0.25, 0.3) is 0 Å². The van der Waals surface area contributed by atoms with Gasteiger partial charge in [0.1, 0.15) is 6.61 Å². The molecular weight excluding hydrogens is 182 g/mol. The first-order valence-electron chi connectivity index (χ1n) is 5.14. The zero-order valence-electron chi connectivity index (χ0n) is 8.91. The minimum atomic E-state index is -0.0365. The van der Waals surface area contributed by atoms with Gasteiger partial charge in [0.05, 0.1) is 12.7 Å². The Morgan fingerprint density at radius 2 is 2.43 bits per heavy atom. The van der Waals surface area contributed by atoms with Gasteiger partial charge in [0.25, 0.3) is 0 Å². The van der Waals surface area contributed by atoms with E-state index in [0.717, 1.165) is 19.6 Å². The maximum atomic E-state index is 11.2. The van der Waals surface area contributed by atoms with Crippen LogP contribution < -0.4 is 5.32 Å². The highest BCUT2D eigenvalue weighted by atomic mass is 16.5. The quantitative estimate of drug-likeness (QED) is 0.707. The molecule has 1 aliphatic rings. The van der Waals surface area contributed by atoms with E-state index < -0.39 is 0 Å². The lowest BCUT2D eigenvalue weighted by atomic mass is 10.1. The molecule has 4 nitrogen and oxygen atoms in total. The van der Waals surface area contributed by atoms with E-state index in [4.69, 9.17) is 9.47 Å². The maximum Gasteiger partial charge on any atom is 0.246 e. The first-order valence-corrected chi connectivity index (χ1v) is 5.14. The van der Waals surface area contributed by atoms with Crippen LogP contribution in [0.5, 0.6) is 0 Å². The Hall–Kier alpha value is -0.610. The molecule has 1 saturated heterocycles. The lowest BCUT2D eigenvalue weighted by molar-refractivity contribution is -0.127. The summed E-state index contributed by atoms with van der Waals surface area (Å²) in [4.78, 5) is 11.2. The van der Waals surface area contributed by atoms with Crippen LogP contribution in [0.3, 0.4) is 0 Å². The fourth-order valence-electron chi connectivity index (χ4n) is 1.30. The van der Waals surface area contributed by atoms with Crippen molar-refractivity contribution in [2.75, 3.05) is 26.4 Å². The maximum absolute atomic E-state index is 11.2. The van der Waals surface area contributed by atoms with Crippen molar-refractivity contribution in [3.8, 4) is 0 Å². The van der Waals surface area contributed by atoms with Crippen LogP contribution in [0, 0.1) is 5.92 Å². The van der Waals surface area contributed by atoms with E-state index in [2.05, 4.69) is 5.32 Å². The number of rotatable bonds is 5. The van der Waals surface area contributed by atoms with E-state index in [9.17, 15) is 4.79 Å². The zero-order chi connectivity index (χ0) is 10.4. The van der Waals surface area contributed by atoms with Crippen molar-refractivity contribution in [3.63, 3.8) is 0 Å². The molecule has 1 N–H and O–H groups in total. The predicted octanol–water partition coefficient (Wildman–Crippen LogP) is 0.564. The van der Waals surface area contributed by atoms with Crippen molar-refractivity contribution in [1.29, 1.82) is 0 Å². The van der Waals surface area contributed by atoms with E-state index in [1.807, 2.05) is 13.8 Å². The van der Waals surface area contributed by atoms with Gasteiger partial charge in [-0.3, -0.25) is 4.79 Å². The first-order chi connectivity index (χ1) is 6.68. The molecule has 1 atom stereocenters. The smallest absolute Gasteiger partial charge is 0.246 e. The number of ether oxygens (including phenoxy) is 2. The highest BCUT2D eigenvalue weighted by Crippen LogP contribution is 2.10. The third-order valence-corrected chi connectivity index (χ3v) is 2.16. The second-order valence-electron chi connectivity index (χ2n) is 3.89. The summed E-state index contributed by atoms with van der Waals surface area (Å²) in [5.74, 6) is 0.448. The van der Waals surface area contributed by atoms with Gasteiger partial charge in [-0.25, -0.2) is 0 Å². The zero-order valence-corrected chi connectivity index (χ0v) is 8.91. The summed E-state index contributed by atoms with van der Waals surface area (Å²) in [5.41, 5.74) is 0. The van der Waals surface area contributed by atoms with Crippen molar-refractivity contribution in [2.24, 2.45) is 5.92 Å². The van der Waals surface area contributed by atoms with Crippen LogP contribution in [0.4, 0.5) is 0 Å². The van der Waals surface area contributed by atoms with Gasteiger partial charge in [-0.1, -0.05) is 0 Å². The molecule has 1 heterocycles. The van der Waals surface area contributed by atoms with Crippen molar-refractivity contribution in [1.82, 2.24) is 5.32 Å². The minimum Gasteiger partial charge on any atom is -0.381 e. The van der Waals surface area contributed by atoms with Gasteiger partial charge in [0, 0.05) is 19.1 Å². The molecule has 82 valence electrons. The van der Waals surface area contributed by atoms with Gasteiger partial charge in [0.2, 0.25) is 5.91 Å². The Labute approximate surface area is 85.0 Å². The molecule has 0 aromatic heterocycles. The molecule has 14 heavy (non-hydrogen) atoms. The standard InChI is InChI=1S/C10H19NO3/c1-8(2)14-7-10(12)11-5-9-3-4-13-6-9/h8-9H,3-7H2,1-2H3,(H,11,12). The average molecular weight is 201 g/mol. The summed E-state index contributed by atoms with van der Waals surface area (Å²) in [7, 11) is 0. The molecule has 1 amide bonds. The molecule has 0 aliphatic carbocycles. The Bertz CT molecular complexity index is 176. The van der Waals surface area contributed by atoms with Crippen LogP contribution in [0.15, 0.2) is 0 Å². The topological polar surface area (TPSA) is 47.6 Å². The van der Waals surface area contributed by atoms with Crippen molar-refractivity contribution < 1.29 is 14.3 Å². The van der Waals surface area contributed by atoms with E-state index in [0.29, 0.717) is 12.5 Å². The van der Waals surface area contributed by atoms with Gasteiger partial charge in [0.15, 0.2) is 0 Å². The molecule has 0 spiro atoms. The minimum absolute atomic E-state index is 0.0365. The summed E-state index contributed by atoms with van der Waals surface area (Å²) < 4.78 is 10.4. The van der Waals surface area contributed by atoms with Gasteiger partial charge >= 0.3 is 0 Å². The lowest BCUT2D eigenvalue weighted by Crippen LogP contribution is -2.33. The monoisotopic (exact) mass is 201 g/mol. The number of amides is 1. The number of nitrogens with one attached hydrogen (secondary N) is 1. The highest BCUT2D eigenvalue weighted by molar-refractivity contribution is 5.77.